The Hall–Kier alpha value is -3.37. The lowest BCUT2D eigenvalue weighted by atomic mass is 10.0. The van der Waals surface area contributed by atoms with Gasteiger partial charge in [-0.3, -0.25) is 14.9 Å². The van der Waals surface area contributed by atoms with Gasteiger partial charge in [0.25, 0.3) is 11.8 Å². The van der Waals surface area contributed by atoms with Crippen LogP contribution < -0.4 is 15.0 Å². The lowest BCUT2D eigenvalue weighted by Gasteiger charge is -2.29. The number of amides is 2. The second-order valence-electron chi connectivity index (χ2n) is 6.99. The second-order valence-corrected chi connectivity index (χ2v) is 8.23. The number of esters is 1. The van der Waals surface area contributed by atoms with Crippen molar-refractivity contribution in [2.45, 2.75) is 13.3 Å². The van der Waals surface area contributed by atoms with E-state index in [0.29, 0.717) is 27.8 Å². The Morgan fingerprint density at radius 2 is 2.03 bits per heavy atom. The molecule has 1 heterocycles. The summed E-state index contributed by atoms with van der Waals surface area (Å²) in [5.41, 5.74) is 0.853. The third-order valence-electron chi connectivity index (χ3n) is 4.65. The fraction of sp³-hybridized carbons (Fsp3) is 0.167. The average Bonchev–Trinajstić information content (AvgIpc) is 2.77. The number of nitrogens with zero attached hydrogens (tertiary/aromatic N) is 1. The van der Waals surface area contributed by atoms with Gasteiger partial charge in [-0.05, 0) is 83.0 Å². The van der Waals surface area contributed by atoms with E-state index in [1.54, 1.807) is 31.2 Å². The smallest absolute Gasteiger partial charge is 0.344 e. The van der Waals surface area contributed by atoms with Crippen LogP contribution in [0.5, 0.6) is 5.75 Å². The zero-order chi connectivity index (χ0) is 24.8. The number of carbonyl (C=O) groups is 3. The predicted octanol–water partition coefficient (Wildman–Crippen LogP) is 4.09. The number of halogens is 2. The standard InChI is InChI=1S/C24H20BrFN2O5S/c1-3-7-15-10-14(12-17(25)21(15)33-13-20(29)32-4-2)11-16-22(30)27-24(34)28(23(16)31)19-9-6-5-8-18(19)26/h3,5-6,8-12H,1,4,7,13H2,2H3,(H,27,30,34)/b16-11+. The topological polar surface area (TPSA) is 84.9 Å². The van der Waals surface area contributed by atoms with Crippen LogP contribution in [0.3, 0.4) is 0 Å². The third-order valence-corrected chi connectivity index (χ3v) is 5.53. The van der Waals surface area contributed by atoms with E-state index in [1.807, 2.05) is 0 Å². The van der Waals surface area contributed by atoms with Gasteiger partial charge >= 0.3 is 5.97 Å². The summed E-state index contributed by atoms with van der Waals surface area (Å²) in [5.74, 6) is -2.23. The molecule has 1 aliphatic heterocycles. The number of benzene rings is 2. The molecule has 0 spiro atoms. The lowest BCUT2D eigenvalue weighted by Crippen LogP contribution is -2.54. The molecule has 0 saturated carbocycles. The van der Waals surface area contributed by atoms with Crippen LogP contribution in [0.1, 0.15) is 18.1 Å². The number of carbonyl (C=O) groups excluding carboxylic acids is 3. The number of hydrogen-bond donors (Lipinski definition) is 1. The van der Waals surface area contributed by atoms with Crippen LogP contribution in [0.2, 0.25) is 0 Å². The van der Waals surface area contributed by atoms with Crippen molar-refractivity contribution in [2.75, 3.05) is 18.1 Å². The van der Waals surface area contributed by atoms with Crippen LogP contribution in [0.15, 0.2) is 59.1 Å². The highest BCUT2D eigenvalue weighted by molar-refractivity contribution is 9.10. The number of anilines is 1. The van der Waals surface area contributed by atoms with E-state index >= 15 is 0 Å². The number of hydrogen-bond acceptors (Lipinski definition) is 6. The van der Waals surface area contributed by atoms with Crippen LogP contribution in [0, 0.1) is 5.82 Å². The Morgan fingerprint density at radius 3 is 2.71 bits per heavy atom. The Bertz CT molecular complexity index is 1210. The highest BCUT2D eigenvalue weighted by Gasteiger charge is 2.35. The van der Waals surface area contributed by atoms with Gasteiger partial charge in [-0.25, -0.2) is 14.1 Å². The number of thiocarbonyl (C=S) groups is 1. The van der Waals surface area contributed by atoms with Crippen molar-refractivity contribution in [3.8, 4) is 5.75 Å². The molecule has 0 atom stereocenters. The maximum Gasteiger partial charge on any atom is 0.344 e. The Kier molecular flexibility index (Phi) is 8.30. The van der Waals surface area contributed by atoms with E-state index in [-0.39, 0.29) is 29.6 Å². The summed E-state index contributed by atoms with van der Waals surface area (Å²) in [7, 11) is 0. The molecule has 0 radical (unpaired) electrons. The molecule has 2 aromatic carbocycles. The van der Waals surface area contributed by atoms with Crippen molar-refractivity contribution in [3.05, 3.63) is 76.0 Å². The summed E-state index contributed by atoms with van der Waals surface area (Å²) in [6.07, 6.45) is 3.41. The minimum atomic E-state index is -0.761. The molecular weight excluding hydrogens is 527 g/mol. The van der Waals surface area contributed by atoms with E-state index < -0.39 is 23.6 Å². The van der Waals surface area contributed by atoms with Gasteiger partial charge < -0.3 is 9.47 Å². The summed E-state index contributed by atoms with van der Waals surface area (Å²) in [4.78, 5) is 38.3. The molecule has 176 valence electrons. The summed E-state index contributed by atoms with van der Waals surface area (Å²) >= 11 is 8.52. The molecule has 0 aliphatic carbocycles. The summed E-state index contributed by atoms with van der Waals surface area (Å²) in [5, 5.41) is 2.21. The first-order valence-corrected chi connectivity index (χ1v) is 11.3. The minimum absolute atomic E-state index is 0.0698. The molecule has 2 amide bonds. The van der Waals surface area contributed by atoms with Crippen molar-refractivity contribution in [1.29, 1.82) is 0 Å². The maximum absolute atomic E-state index is 14.3. The van der Waals surface area contributed by atoms with Crippen LogP contribution in [0.25, 0.3) is 6.08 Å². The first-order chi connectivity index (χ1) is 16.3. The van der Waals surface area contributed by atoms with Crippen molar-refractivity contribution in [1.82, 2.24) is 5.32 Å². The molecular formula is C24H20BrFN2O5S. The largest absolute Gasteiger partial charge is 0.480 e. The zero-order valence-corrected chi connectivity index (χ0v) is 20.5. The summed E-state index contributed by atoms with van der Waals surface area (Å²) < 4.78 is 25.3. The SMILES string of the molecule is C=CCc1cc(/C=C2\C(=O)NC(=S)N(c3ccccc3F)C2=O)cc(Br)c1OCC(=O)OCC. The number of nitrogens with one attached hydrogen (secondary N) is 1. The van der Waals surface area contributed by atoms with Crippen LogP contribution in [0.4, 0.5) is 10.1 Å². The van der Waals surface area contributed by atoms with Crippen molar-refractivity contribution in [2.24, 2.45) is 0 Å². The van der Waals surface area contributed by atoms with Gasteiger partial charge in [0.2, 0.25) is 0 Å². The van der Waals surface area contributed by atoms with Crippen LogP contribution in [-0.4, -0.2) is 36.1 Å². The van der Waals surface area contributed by atoms with Gasteiger partial charge in [0.15, 0.2) is 11.7 Å². The molecule has 3 rings (SSSR count). The molecule has 10 heteroatoms. The molecule has 1 N–H and O–H groups in total. The minimum Gasteiger partial charge on any atom is -0.480 e. The first-order valence-electron chi connectivity index (χ1n) is 10.1. The molecule has 1 saturated heterocycles. The highest BCUT2D eigenvalue weighted by atomic mass is 79.9. The average molecular weight is 547 g/mol. The number of rotatable bonds is 8. The van der Waals surface area contributed by atoms with Gasteiger partial charge in [-0.15, -0.1) is 6.58 Å². The molecule has 0 bridgehead atoms. The Labute approximate surface area is 209 Å². The molecule has 0 unspecified atom stereocenters. The molecule has 34 heavy (non-hydrogen) atoms. The normalized spacial score (nSPS) is 14.7. The molecule has 2 aromatic rings. The zero-order valence-electron chi connectivity index (χ0n) is 18.1. The molecule has 0 aromatic heterocycles. The fourth-order valence-electron chi connectivity index (χ4n) is 3.24. The van der Waals surface area contributed by atoms with Gasteiger partial charge in [0, 0.05) is 0 Å². The van der Waals surface area contributed by atoms with Gasteiger partial charge in [-0.1, -0.05) is 18.2 Å². The van der Waals surface area contributed by atoms with Crippen molar-refractivity contribution in [3.63, 3.8) is 0 Å². The van der Waals surface area contributed by atoms with Gasteiger partial charge in [0.05, 0.1) is 16.8 Å². The monoisotopic (exact) mass is 546 g/mol. The number of ether oxygens (including phenoxy) is 2. The van der Waals surface area contributed by atoms with Crippen molar-refractivity contribution < 1.29 is 28.2 Å². The number of para-hydroxylation sites is 1. The lowest BCUT2D eigenvalue weighted by molar-refractivity contribution is -0.145. The van der Waals surface area contributed by atoms with E-state index in [0.717, 1.165) is 4.90 Å². The first kappa shape index (κ1) is 25.3. The molecule has 1 aliphatic rings. The molecule has 7 nitrogen and oxygen atoms in total. The number of allylic oxidation sites excluding steroid dienone is 1. The van der Waals surface area contributed by atoms with Crippen LogP contribution in [-0.2, 0) is 25.5 Å². The molecule has 1 fully saturated rings. The van der Waals surface area contributed by atoms with Crippen LogP contribution >= 0.6 is 28.1 Å². The summed E-state index contributed by atoms with van der Waals surface area (Å²) in [6.45, 7) is 5.37. The Morgan fingerprint density at radius 1 is 1.29 bits per heavy atom. The van der Waals surface area contributed by atoms with E-state index in [9.17, 15) is 18.8 Å². The van der Waals surface area contributed by atoms with E-state index in [2.05, 4.69) is 27.8 Å². The predicted molar refractivity (Wildman–Crippen MR) is 133 cm³/mol. The quantitative estimate of drug-likeness (QED) is 0.176. The van der Waals surface area contributed by atoms with E-state index in [1.165, 1.54) is 24.3 Å². The maximum atomic E-state index is 14.3. The summed E-state index contributed by atoms with van der Waals surface area (Å²) in [6, 6.07) is 8.95. The Balaban J connectivity index is 1.98. The highest BCUT2D eigenvalue weighted by Crippen LogP contribution is 2.33. The second kappa shape index (κ2) is 11.2. The van der Waals surface area contributed by atoms with Crippen molar-refractivity contribution >= 4 is 62.8 Å². The van der Waals surface area contributed by atoms with E-state index in [4.69, 9.17) is 21.7 Å². The third kappa shape index (κ3) is 5.57. The fourth-order valence-corrected chi connectivity index (χ4v) is 4.14. The van der Waals surface area contributed by atoms with Gasteiger partial charge in [-0.2, -0.15) is 0 Å². The van der Waals surface area contributed by atoms with Gasteiger partial charge in [0.1, 0.15) is 17.1 Å².